The van der Waals surface area contributed by atoms with E-state index >= 15 is 0 Å². The van der Waals surface area contributed by atoms with Crippen molar-refractivity contribution in [2.75, 3.05) is 0 Å². The number of benzene rings is 1. The SMILES string of the molecule is Cc1nnc(C2Cc3ccccc3CN2)n1C1CCCC1. The van der Waals surface area contributed by atoms with E-state index in [1.54, 1.807) is 0 Å². The lowest BCUT2D eigenvalue weighted by Crippen LogP contribution is -2.31. The normalized spacial score (nSPS) is 22.4. The van der Waals surface area contributed by atoms with Crippen molar-refractivity contribution in [3.05, 3.63) is 47.0 Å². The van der Waals surface area contributed by atoms with E-state index in [-0.39, 0.29) is 0 Å². The number of aromatic nitrogens is 3. The smallest absolute Gasteiger partial charge is 0.150 e. The van der Waals surface area contributed by atoms with E-state index in [1.165, 1.54) is 36.8 Å². The van der Waals surface area contributed by atoms with Crippen molar-refractivity contribution in [3.63, 3.8) is 0 Å². The molecule has 4 heteroatoms. The van der Waals surface area contributed by atoms with Gasteiger partial charge in [0.1, 0.15) is 5.82 Å². The van der Waals surface area contributed by atoms with Gasteiger partial charge in [-0.1, -0.05) is 37.1 Å². The Balaban J connectivity index is 1.66. The number of nitrogens with one attached hydrogen (secondary N) is 1. The Morgan fingerprint density at radius 1 is 1.10 bits per heavy atom. The highest BCUT2D eigenvalue weighted by Crippen LogP contribution is 2.34. The number of fused-ring (bicyclic) bond motifs is 1. The second-order valence-electron chi connectivity index (χ2n) is 6.32. The molecule has 2 heterocycles. The summed E-state index contributed by atoms with van der Waals surface area (Å²) < 4.78 is 2.40. The van der Waals surface area contributed by atoms with Crippen LogP contribution < -0.4 is 5.32 Å². The molecule has 2 aromatic rings. The second kappa shape index (κ2) is 5.26. The van der Waals surface area contributed by atoms with E-state index in [0.717, 1.165) is 24.6 Å². The third-order valence-corrected chi connectivity index (χ3v) is 4.98. The molecule has 1 fully saturated rings. The van der Waals surface area contributed by atoms with Crippen LogP contribution in [-0.4, -0.2) is 14.8 Å². The molecule has 4 nitrogen and oxygen atoms in total. The molecule has 0 spiro atoms. The van der Waals surface area contributed by atoms with Gasteiger partial charge in [0, 0.05) is 12.6 Å². The lowest BCUT2D eigenvalue weighted by atomic mass is 9.95. The molecule has 0 saturated heterocycles. The first-order valence-corrected chi connectivity index (χ1v) is 8.04. The van der Waals surface area contributed by atoms with Crippen LogP contribution in [0.15, 0.2) is 24.3 Å². The Kier molecular flexibility index (Phi) is 3.26. The second-order valence-corrected chi connectivity index (χ2v) is 6.32. The Bertz CT molecular complexity index is 640. The minimum absolute atomic E-state index is 0.293. The van der Waals surface area contributed by atoms with Gasteiger partial charge in [0.2, 0.25) is 0 Å². The largest absolute Gasteiger partial charge is 0.311 e. The summed E-state index contributed by atoms with van der Waals surface area (Å²) in [7, 11) is 0. The van der Waals surface area contributed by atoms with Crippen LogP contribution in [0, 0.1) is 6.92 Å². The Morgan fingerprint density at radius 3 is 2.67 bits per heavy atom. The summed E-state index contributed by atoms with van der Waals surface area (Å²) in [4.78, 5) is 0. The summed E-state index contributed by atoms with van der Waals surface area (Å²) in [5.41, 5.74) is 2.86. The van der Waals surface area contributed by atoms with Gasteiger partial charge in [-0.25, -0.2) is 0 Å². The predicted octanol–water partition coefficient (Wildman–Crippen LogP) is 3.09. The molecule has 1 aromatic heterocycles. The molecule has 1 aliphatic heterocycles. The van der Waals surface area contributed by atoms with Crippen molar-refractivity contribution in [2.24, 2.45) is 0 Å². The molecule has 1 saturated carbocycles. The van der Waals surface area contributed by atoms with Crippen LogP contribution in [-0.2, 0) is 13.0 Å². The van der Waals surface area contributed by atoms with E-state index in [1.807, 2.05) is 0 Å². The fourth-order valence-corrected chi connectivity index (χ4v) is 3.87. The van der Waals surface area contributed by atoms with Crippen LogP contribution in [0.2, 0.25) is 0 Å². The van der Waals surface area contributed by atoms with E-state index < -0.39 is 0 Å². The molecule has 4 rings (SSSR count). The number of aryl methyl sites for hydroxylation is 1. The molecule has 0 amide bonds. The van der Waals surface area contributed by atoms with Crippen LogP contribution in [0.3, 0.4) is 0 Å². The standard InChI is InChI=1S/C17H22N4/c1-12-19-20-17(21(12)15-8-4-5-9-15)16-10-13-6-2-3-7-14(13)11-18-16/h2-3,6-7,15-16,18H,4-5,8-11H2,1H3. The van der Waals surface area contributed by atoms with Crippen molar-refractivity contribution in [1.82, 2.24) is 20.1 Å². The highest BCUT2D eigenvalue weighted by molar-refractivity contribution is 5.31. The summed E-state index contributed by atoms with van der Waals surface area (Å²) >= 11 is 0. The molecule has 1 N–H and O–H groups in total. The average molecular weight is 282 g/mol. The number of hydrogen-bond acceptors (Lipinski definition) is 3. The topological polar surface area (TPSA) is 42.7 Å². The quantitative estimate of drug-likeness (QED) is 0.920. The van der Waals surface area contributed by atoms with Gasteiger partial charge in [-0.15, -0.1) is 10.2 Å². The summed E-state index contributed by atoms with van der Waals surface area (Å²) in [6.45, 7) is 3.02. The van der Waals surface area contributed by atoms with Gasteiger partial charge in [0.05, 0.1) is 6.04 Å². The molecule has 1 aromatic carbocycles. The lowest BCUT2D eigenvalue weighted by molar-refractivity contribution is 0.415. The molecule has 1 aliphatic carbocycles. The molecule has 21 heavy (non-hydrogen) atoms. The van der Waals surface area contributed by atoms with Crippen LogP contribution in [0.25, 0.3) is 0 Å². The van der Waals surface area contributed by atoms with E-state index in [4.69, 9.17) is 0 Å². The Hall–Kier alpha value is -1.68. The van der Waals surface area contributed by atoms with Crippen molar-refractivity contribution < 1.29 is 0 Å². The molecular formula is C17H22N4. The van der Waals surface area contributed by atoms with Gasteiger partial charge in [0.15, 0.2) is 5.82 Å². The number of hydrogen-bond donors (Lipinski definition) is 1. The zero-order chi connectivity index (χ0) is 14.2. The van der Waals surface area contributed by atoms with Crippen molar-refractivity contribution >= 4 is 0 Å². The van der Waals surface area contributed by atoms with Gasteiger partial charge in [0.25, 0.3) is 0 Å². The summed E-state index contributed by atoms with van der Waals surface area (Å²) in [5.74, 6) is 2.20. The number of nitrogens with zero attached hydrogens (tertiary/aromatic N) is 3. The molecule has 1 unspecified atom stereocenters. The van der Waals surface area contributed by atoms with Gasteiger partial charge < -0.3 is 9.88 Å². The van der Waals surface area contributed by atoms with Crippen molar-refractivity contribution in [3.8, 4) is 0 Å². The van der Waals surface area contributed by atoms with E-state index in [2.05, 4.69) is 51.3 Å². The molecule has 0 bridgehead atoms. The zero-order valence-corrected chi connectivity index (χ0v) is 12.5. The summed E-state index contributed by atoms with van der Waals surface area (Å²) in [6.07, 6.45) is 6.23. The average Bonchev–Trinajstić information content (AvgIpc) is 3.15. The molecular weight excluding hydrogens is 260 g/mol. The number of rotatable bonds is 2. The minimum atomic E-state index is 0.293. The highest BCUT2D eigenvalue weighted by Gasteiger charge is 2.28. The van der Waals surface area contributed by atoms with E-state index in [9.17, 15) is 0 Å². The zero-order valence-electron chi connectivity index (χ0n) is 12.5. The van der Waals surface area contributed by atoms with E-state index in [0.29, 0.717) is 12.1 Å². The Morgan fingerprint density at radius 2 is 1.86 bits per heavy atom. The maximum atomic E-state index is 4.51. The maximum absolute atomic E-state index is 4.51. The third kappa shape index (κ3) is 2.27. The minimum Gasteiger partial charge on any atom is -0.311 e. The van der Waals surface area contributed by atoms with Crippen molar-refractivity contribution in [1.29, 1.82) is 0 Å². The summed E-state index contributed by atoms with van der Waals surface area (Å²) in [5, 5.41) is 12.5. The van der Waals surface area contributed by atoms with Crippen LogP contribution in [0.1, 0.15) is 60.5 Å². The molecule has 0 radical (unpaired) electrons. The Labute approximate surface area is 125 Å². The van der Waals surface area contributed by atoms with Crippen LogP contribution >= 0.6 is 0 Å². The van der Waals surface area contributed by atoms with Gasteiger partial charge in [-0.05, 0) is 37.3 Å². The van der Waals surface area contributed by atoms with Crippen molar-refractivity contribution in [2.45, 2.75) is 57.7 Å². The first-order chi connectivity index (χ1) is 10.3. The third-order valence-electron chi connectivity index (χ3n) is 4.98. The lowest BCUT2D eigenvalue weighted by Gasteiger charge is -2.27. The first kappa shape index (κ1) is 13.0. The fraction of sp³-hybridized carbons (Fsp3) is 0.529. The first-order valence-electron chi connectivity index (χ1n) is 8.04. The van der Waals surface area contributed by atoms with Crippen LogP contribution in [0.5, 0.6) is 0 Å². The van der Waals surface area contributed by atoms with Crippen LogP contribution in [0.4, 0.5) is 0 Å². The molecule has 2 aliphatic rings. The monoisotopic (exact) mass is 282 g/mol. The highest BCUT2D eigenvalue weighted by atomic mass is 15.3. The van der Waals surface area contributed by atoms with Gasteiger partial charge >= 0.3 is 0 Å². The summed E-state index contributed by atoms with van der Waals surface area (Å²) in [6, 6.07) is 9.61. The molecule has 110 valence electrons. The predicted molar refractivity (Wildman–Crippen MR) is 82.0 cm³/mol. The maximum Gasteiger partial charge on any atom is 0.150 e. The molecule has 1 atom stereocenters. The fourth-order valence-electron chi connectivity index (χ4n) is 3.87. The van der Waals surface area contributed by atoms with Gasteiger partial charge in [-0.2, -0.15) is 0 Å². The van der Waals surface area contributed by atoms with Gasteiger partial charge in [-0.3, -0.25) is 0 Å².